The first-order chi connectivity index (χ1) is 19.4. The van der Waals surface area contributed by atoms with Gasteiger partial charge < -0.3 is 25.8 Å². The molecule has 0 bridgehead atoms. The van der Waals surface area contributed by atoms with Gasteiger partial charge in [-0.2, -0.15) is 0 Å². The summed E-state index contributed by atoms with van der Waals surface area (Å²) in [5.74, 6) is -0.328. The quantitative estimate of drug-likeness (QED) is 0.301. The van der Waals surface area contributed by atoms with Crippen LogP contribution in [0.3, 0.4) is 0 Å². The lowest BCUT2D eigenvalue weighted by Gasteiger charge is -2.26. The first kappa shape index (κ1) is 27.7. The van der Waals surface area contributed by atoms with Crippen LogP contribution >= 0.6 is 0 Å². The summed E-state index contributed by atoms with van der Waals surface area (Å²) < 4.78 is 5.45. The molecule has 3 aromatic rings. The van der Waals surface area contributed by atoms with E-state index >= 15 is 0 Å². The SMILES string of the molecule is Cc1cc(C)c(CNC(=O)c2cc(-c3ccc(CN4CCOCC4)nc3)cc(NC3CCCC3)c2C=N)c(=O)[nH]1. The molecule has 2 aromatic heterocycles. The van der Waals surface area contributed by atoms with E-state index in [1.807, 2.05) is 50.4 Å². The largest absolute Gasteiger partial charge is 0.382 e. The molecular formula is C31H38N6O3. The maximum atomic E-state index is 13.5. The second-order valence-corrected chi connectivity index (χ2v) is 10.8. The number of nitrogens with zero attached hydrogens (tertiary/aromatic N) is 2. The van der Waals surface area contributed by atoms with Gasteiger partial charge in [-0.25, -0.2) is 0 Å². The van der Waals surface area contributed by atoms with Gasteiger partial charge in [-0.15, -0.1) is 0 Å². The average molecular weight is 543 g/mol. The zero-order chi connectivity index (χ0) is 28.1. The van der Waals surface area contributed by atoms with E-state index in [1.165, 1.54) is 19.1 Å². The molecule has 9 heteroatoms. The van der Waals surface area contributed by atoms with Gasteiger partial charge in [-0.3, -0.25) is 19.5 Å². The van der Waals surface area contributed by atoms with Crippen LogP contribution in [0.2, 0.25) is 0 Å². The Morgan fingerprint density at radius 1 is 1.15 bits per heavy atom. The lowest BCUT2D eigenvalue weighted by atomic mass is 9.97. The highest BCUT2D eigenvalue weighted by molar-refractivity contribution is 6.06. The van der Waals surface area contributed by atoms with Crippen LogP contribution in [-0.2, 0) is 17.8 Å². The van der Waals surface area contributed by atoms with E-state index in [0.29, 0.717) is 22.7 Å². The van der Waals surface area contributed by atoms with Crippen LogP contribution in [0.1, 0.15) is 64.1 Å². The third-order valence-electron chi connectivity index (χ3n) is 7.85. The van der Waals surface area contributed by atoms with Gasteiger partial charge >= 0.3 is 0 Å². The molecule has 9 nitrogen and oxygen atoms in total. The van der Waals surface area contributed by atoms with Crippen molar-refractivity contribution in [3.05, 3.63) is 80.5 Å². The molecule has 1 saturated heterocycles. The van der Waals surface area contributed by atoms with Gasteiger partial charge in [0, 0.05) is 72.7 Å². The van der Waals surface area contributed by atoms with E-state index in [0.717, 1.165) is 79.5 Å². The van der Waals surface area contributed by atoms with E-state index in [4.69, 9.17) is 15.1 Å². The van der Waals surface area contributed by atoms with Crippen LogP contribution in [0, 0.1) is 19.3 Å². The number of amides is 1. The Labute approximate surface area is 234 Å². The molecule has 1 aliphatic heterocycles. The number of H-pyrrole nitrogens is 1. The molecule has 5 rings (SSSR count). The van der Waals surface area contributed by atoms with Crippen molar-refractivity contribution in [2.24, 2.45) is 0 Å². The highest BCUT2D eigenvalue weighted by atomic mass is 16.5. The first-order valence-electron chi connectivity index (χ1n) is 14.1. The summed E-state index contributed by atoms with van der Waals surface area (Å²) in [6, 6.07) is 10.1. The number of aryl methyl sites for hydroxylation is 2. The molecule has 2 aliphatic rings. The molecule has 0 unspecified atom stereocenters. The topological polar surface area (TPSA) is 123 Å². The molecule has 2 fully saturated rings. The summed E-state index contributed by atoms with van der Waals surface area (Å²) in [6.07, 6.45) is 7.56. The minimum absolute atomic E-state index is 0.102. The second kappa shape index (κ2) is 12.6. The van der Waals surface area contributed by atoms with Crippen LogP contribution in [-0.4, -0.2) is 59.3 Å². The van der Waals surface area contributed by atoms with Crippen LogP contribution in [0.15, 0.2) is 41.3 Å². The molecule has 1 aromatic carbocycles. The maximum absolute atomic E-state index is 13.5. The van der Waals surface area contributed by atoms with E-state index in [-0.39, 0.29) is 18.0 Å². The van der Waals surface area contributed by atoms with Crippen LogP contribution in [0.5, 0.6) is 0 Å². The third kappa shape index (κ3) is 6.48. The van der Waals surface area contributed by atoms with Gasteiger partial charge in [-0.1, -0.05) is 18.9 Å². The van der Waals surface area contributed by atoms with Gasteiger partial charge in [-0.05, 0) is 62.1 Å². The minimum atomic E-state index is -0.328. The van der Waals surface area contributed by atoms with Crippen molar-refractivity contribution in [2.75, 3.05) is 31.6 Å². The zero-order valence-electron chi connectivity index (χ0n) is 23.3. The Kier molecular flexibility index (Phi) is 8.72. The predicted octanol–water partition coefficient (Wildman–Crippen LogP) is 4.17. The number of pyridine rings is 2. The average Bonchev–Trinajstić information content (AvgIpc) is 3.46. The van der Waals surface area contributed by atoms with E-state index < -0.39 is 0 Å². The van der Waals surface area contributed by atoms with Gasteiger partial charge in [0.25, 0.3) is 11.5 Å². The number of carbonyl (C=O) groups is 1. The van der Waals surface area contributed by atoms with E-state index in [2.05, 4.69) is 20.5 Å². The van der Waals surface area contributed by atoms with Crippen LogP contribution in [0.4, 0.5) is 5.69 Å². The molecule has 210 valence electrons. The van der Waals surface area contributed by atoms with Crippen molar-refractivity contribution in [3.63, 3.8) is 0 Å². The highest BCUT2D eigenvalue weighted by Gasteiger charge is 2.21. The second-order valence-electron chi connectivity index (χ2n) is 10.8. The molecule has 0 spiro atoms. The number of rotatable bonds is 9. The van der Waals surface area contributed by atoms with Crippen molar-refractivity contribution >= 4 is 17.8 Å². The molecule has 40 heavy (non-hydrogen) atoms. The molecule has 0 radical (unpaired) electrons. The van der Waals surface area contributed by atoms with E-state index in [1.54, 1.807) is 0 Å². The van der Waals surface area contributed by atoms with Crippen molar-refractivity contribution in [3.8, 4) is 11.1 Å². The van der Waals surface area contributed by atoms with Crippen molar-refractivity contribution < 1.29 is 9.53 Å². The predicted molar refractivity (Wildman–Crippen MR) is 157 cm³/mol. The number of benzene rings is 1. The number of morpholine rings is 1. The van der Waals surface area contributed by atoms with Gasteiger partial charge in [0.2, 0.25) is 0 Å². The number of nitrogens with one attached hydrogen (secondary N) is 4. The number of hydrogen-bond acceptors (Lipinski definition) is 7. The van der Waals surface area contributed by atoms with Crippen molar-refractivity contribution in [1.82, 2.24) is 20.2 Å². The number of hydrogen-bond donors (Lipinski definition) is 4. The molecule has 1 saturated carbocycles. The molecule has 1 amide bonds. The highest BCUT2D eigenvalue weighted by Crippen LogP contribution is 2.31. The summed E-state index contributed by atoms with van der Waals surface area (Å²) >= 11 is 0. The van der Waals surface area contributed by atoms with Crippen molar-refractivity contribution in [2.45, 2.75) is 58.7 Å². The summed E-state index contributed by atoms with van der Waals surface area (Å²) in [7, 11) is 0. The molecular weight excluding hydrogens is 504 g/mol. The number of ether oxygens (including phenoxy) is 1. The number of anilines is 1. The lowest BCUT2D eigenvalue weighted by Crippen LogP contribution is -2.35. The zero-order valence-corrected chi connectivity index (χ0v) is 23.3. The summed E-state index contributed by atoms with van der Waals surface area (Å²) in [4.78, 5) is 35.9. The number of aromatic amines is 1. The van der Waals surface area contributed by atoms with E-state index in [9.17, 15) is 9.59 Å². The molecule has 4 N–H and O–H groups in total. The van der Waals surface area contributed by atoms with Gasteiger partial charge in [0.05, 0.1) is 24.5 Å². The Balaban J connectivity index is 1.44. The Morgan fingerprint density at radius 3 is 2.60 bits per heavy atom. The monoisotopic (exact) mass is 542 g/mol. The lowest BCUT2D eigenvalue weighted by molar-refractivity contribution is 0.0336. The Hall–Kier alpha value is -3.82. The van der Waals surface area contributed by atoms with Crippen molar-refractivity contribution in [1.29, 1.82) is 5.41 Å². The summed E-state index contributed by atoms with van der Waals surface area (Å²) in [6.45, 7) is 7.87. The number of aromatic nitrogens is 2. The standard InChI is InChI=1S/C31H38N6O3/c1-20-13-21(2)35-31(39)28(20)18-34-30(38)26-14-23(15-29(27(26)16-32)36-24-5-3-4-6-24)22-7-8-25(33-17-22)19-37-9-11-40-12-10-37/h7-8,13-17,24,32,36H,3-6,9-12,18-19H2,1-2H3,(H,34,38)(H,35,39). The molecule has 3 heterocycles. The normalized spacial score (nSPS) is 16.1. The fourth-order valence-electron chi connectivity index (χ4n) is 5.62. The van der Waals surface area contributed by atoms with Gasteiger partial charge in [0.1, 0.15) is 0 Å². The third-order valence-corrected chi connectivity index (χ3v) is 7.85. The van der Waals surface area contributed by atoms with Gasteiger partial charge in [0.15, 0.2) is 0 Å². The Morgan fingerprint density at radius 2 is 1.93 bits per heavy atom. The smallest absolute Gasteiger partial charge is 0.253 e. The molecule has 1 aliphatic carbocycles. The maximum Gasteiger partial charge on any atom is 0.253 e. The first-order valence-corrected chi connectivity index (χ1v) is 14.1. The Bertz CT molecular complexity index is 1420. The minimum Gasteiger partial charge on any atom is -0.382 e. The molecule has 0 atom stereocenters. The summed E-state index contributed by atoms with van der Waals surface area (Å²) in [5, 5.41) is 14.7. The fraction of sp³-hybridized carbons (Fsp3) is 0.419. The summed E-state index contributed by atoms with van der Waals surface area (Å²) in [5.41, 5.74) is 6.38. The number of carbonyl (C=O) groups excluding carboxylic acids is 1. The fourth-order valence-corrected chi connectivity index (χ4v) is 5.62. The van der Waals surface area contributed by atoms with Crippen LogP contribution < -0.4 is 16.2 Å². The van der Waals surface area contributed by atoms with Crippen LogP contribution in [0.25, 0.3) is 11.1 Å².